The topological polar surface area (TPSA) is 64.0 Å². The molecular formula is C11H18ClN3O2S. The van der Waals surface area contributed by atoms with Crippen molar-refractivity contribution in [1.82, 2.24) is 15.1 Å². The first-order valence-corrected chi connectivity index (χ1v) is 8.21. The molecule has 0 bridgehead atoms. The maximum Gasteiger partial charge on any atom is 0.151 e. The highest BCUT2D eigenvalue weighted by Gasteiger charge is 2.24. The van der Waals surface area contributed by atoms with Gasteiger partial charge in [-0.2, -0.15) is 5.10 Å². The Morgan fingerprint density at radius 2 is 2.28 bits per heavy atom. The van der Waals surface area contributed by atoms with E-state index in [9.17, 15) is 8.42 Å². The highest BCUT2D eigenvalue weighted by Crippen LogP contribution is 2.19. The minimum Gasteiger partial charge on any atom is -0.309 e. The van der Waals surface area contributed by atoms with Gasteiger partial charge in [-0.15, -0.1) is 0 Å². The normalized spacial score (nSPS) is 23.2. The molecule has 2 heterocycles. The van der Waals surface area contributed by atoms with Crippen molar-refractivity contribution in [3.8, 4) is 0 Å². The Morgan fingerprint density at radius 3 is 2.83 bits per heavy atom. The average molecular weight is 292 g/mol. The van der Waals surface area contributed by atoms with Crippen LogP contribution in [0.15, 0.2) is 0 Å². The molecule has 0 aromatic carbocycles. The molecule has 102 valence electrons. The molecule has 1 N–H and O–H groups in total. The molecule has 0 aliphatic carbocycles. The van der Waals surface area contributed by atoms with E-state index in [2.05, 4.69) is 10.4 Å². The number of halogens is 1. The smallest absolute Gasteiger partial charge is 0.151 e. The largest absolute Gasteiger partial charge is 0.309 e. The first kappa shape index (κ1) is 13.8. The molecule has 1 atom stereocenters. The summed E-state index contributed by atoms with van der Waals surface area (Å²) in [6.45, 7) is 2.47. The van der Waals surface area contributed by atoms with Crippen molar-refractivity contribution < 1.29 is 8.42 Å². The zero-order valence-corrected chi connectivity index (χ0v) is 12.2. The van der Waals surface area contributed by atoms with Gasteiger partial charge in [-0.1, -0.05) is 11.6 Å². The Labute approximate surface area is 112 Å². The number of rotatable bonds is 3. The van der Waals surface area contributed by atoms with Gasteiger partial charge in [0.2, 0.25) is 0 Å². The molecule has 1 aliphatic heterocycles. The maximum absolute atomic E-state index is 11.5. The van der Waals surface area contributed by atoms with Crippen LogP contribution in [0.5, 0.6) is 0 Å². The number of hydrogen-bond acceptors (Lipinski definition) is 4. The third-order valence-electron chi connectivity index (χ3n) is 3.30. The van der Waals surface area contributed by atoms with Crippen LogP contribution in [0.2, 0.25) is 5.15 Å². The van der Waals surface area contributed by atoms with Crippen LogP contribution >= 0.6 is 11.6 Å². The van der Waals surface area contributed by atoms with E-state index in [1.807, 2.05) is 6.92 Å². The van der Waals surface area contributed by atoms with Crippen LogP contribution in [-0.2, 0) is 23.4 Å². The molecule has 1 aromatic heterocycles. The highest BCUT2D eigenvalue weighted by molar-refractivity contribution is 7.91. The lowest BCUT2D eigenvalue weighted by atomic mass is 10.1. The van der Waals surface area contributed by atoms with Gasteiger partial charge in [0.1, 0.15) is 5.15 Å². The number of aryl methyl sites for hydroxylation is 2. The van der Waals surface area contributed by atoms with Crippen LogP contribution in [0.3, 0.4) is 0 Å². The molecule has 18 heavy (non-hydrogen) atoms. The van der Waals surface area contributed by atoms with Gasteiger partial charge in [0, 0.05) is 25.2 Å². The lowest BCUT2D eigenvalue weighted by Gasteiger charge is -2.23. The van der Waals surface area contributed by atoms with Gasteiger partial charge < -0.3 is 5.32 Å². The maximum atomic E-state index is 11.5. The fourth-order valence-corrected chi connectivity index (χ4v) is 4.22. The Bertz CT molecular complexity index is 539. The predicted molar refractivity (Wildman–Crippen MR) is 71.5 cm³/mol. The van der Waals surface area contributed by atoms with E-state index in [4.69, 9.17) is 11.6 Å². The molecule has 1 unspecified atom stereocenters. The van der Waals surface area contributed by atoms with E-state index in [0.717, 1.165) is 24.1 Å². The Kier molecular flexibility index (Phi) is 3.99. The Balaban J connectivity index is 1.99. The van der Waals surface area contributed by atoms with Gasteiger partial charge >= 0.3 is 0 Å². The SMILES string of the molecule is Cc1nn(C)c(Cl)c1CNC1CCCS(=O)(=O)C1. The van der Waals surface area contributed by atoms with Crippen molar-refractivity contribution in [2.75, 3.05) is 11.5 Å². The summed E-state index contributed by atoms with van der Waals surface area (Å²) in [5.74, 6) is 0.543. The summed E-state index contributed by atoms with van der Waals surface area (Å²) in [5, 5.41) is 8.11. The second-order valence-corrected chi connectivity index (χ2v) is 7.40. The van der Waals surface area contributed by atoms with E-state index < -0.39 is 9.84 Å². The fraction of sp³-hybridized carbons (Fsp3) is 0.727. The summed E-state index contributed by atoms with van der Waals surface area (Å²) >= 11 is 6.13. The van der Waals surface area contributed by atoms with Crippen LogP contribution in [0, 0.1) is 6.92 Å². The summed E-state index contributed by atoms with van der Waals surface area (Å²) in [6, 6.07) is 0.0272. The van der Waals surface area contributed by atoms with Gasteiger partial charge in [-0.3, -0.25) is 4.68 Å². The third kappa shape index (κ3) is 3.05. The molecule has 1 saturated heterocycles. The third-order valence-corrected chi connectivity index (χ3v) is 5.59. The lowest BCUT2D eigenvalue weighted by Crippen LogP contribution is -2.39. The molecule has 5 nitrogen and oxygen atoms in total. The second kappa shape index (κ2) is 5.19. The average Bonchev–Trinajstić information content (AvgIpc) is 2.50. The van der Waals surface area contributed by atoms with Crippen molar-refractivity contribution in [3.05, 3.63) is 16.4 Å². The quantitative estimate of drug-likeness (QED) is 0.904. The first-order valence-electron chi connectivity index (χ1n) is 6.01. The minimum absolute atomic E-state index is 0.0272. The standard InChI is InChI=1S/C11H18ClN3O2S/c1-8-10(11(12)15(2)14-8)6-13-9-4-3-5-18(16,17)7-9/h9,13H,3-7H2,1-2H3. The molecule has 1 aliphatic rings. The van der Waals surface area contributed by atoms with E-state index in [1.54, 1.807) is 11.7 Å². The van der Waals surface area contributed by atoms with Crippen LogP contribution < -0.4 is 5.32 Å². The summed E-state index contributed by atoms with van der Waals surface area (Å²) in [5.41, 5.74) is 1.83. The Hall–Kier alpha value is -0.590. The monoisotopic (exact) mass is 291 g/mol. The Morgan fingerprint density at radius 1 is 1.56 bits per heavy atom. The fourth-order valence-electron chi connectivity index (χ4n) is 2.30. The molecule has 0 saturated carbocycles. The zero-order valence-electron chi connectivity index (χ0n) is 10.6. The molecule has 0 spiro atoms. The number of hydrogen-bond donors (Lipinski definition) is 1. The van der Waals surface area contributed by atoms with Crippen molar-refractivity contribution >= 4 is 21.4 Å². The minimum atomic E-state index is -2.87. The summed E-state index contributed by atoms with van der Waals surface area (Å²) in [7, 11) is -1.07. The van der Waals surface area contributed by atoms with E-state index >= 15 is 0 Å². The molecule has 0 amide bonds. The molecule has 1 fully saturated rings. The van der Waals surface area contributed by atoms with E-state index in [0.29, 0.717) is 17.5 Å². The van der Waals surface area contributed by atoms with Gasteiger partial charge in [-0.25, -0.2) is 8.42 Å². The first-order chi connectivity index (χ1) is 8.39. The van der Waals surface area contributed by atoms with Crippen LogP contribution in [0.25, 0.3) is 0 Å². The summed E-state index contributed by atoms with van der Waals surface area (Å²) in [4.78, 5) is 0. The second-order valence-electron chi connectivity index (χ2n) is 4.81. The molecule has 7 heteroatoms. The molecular weight excluding hydrogens is 274 g/mol. The number of nitrogens with zero attached hydrogens (tertiary/aromatic N) is 2. The van der Waals surface area contributed by atoms with Gasteiger partial charge in [0.15, 0.2) is 9.84 Å². The number of aromatic nitrogens is 2. The van der Waals surface area contributed by atoms with Gasteiger partial charge in [0.25, 0.3) is 0 Å². The van der Waals surface area contributed by atoms with Crippen molar-refractivity contribution in [3.63, 3.8) is 0 Å². The summed E-state index contributed by atoms with van der Waals surface area (Å²) < 4.78 is 24.7. The summed E-state index contributed by atoms with van der Waals surface area (Å²) in [6.07, 6.45) is 1.63. The van der Waals surface area contributed by atoms with Gasteiger partial charge in [-0.05, 0) is 19.8 Å². The molecule has 0 radical (unpaired) electrons. The zero-order chi connectivity index (χ0) is 13.3. The van der Waals surface area contributed by atoms with Crippen LogP contribution in [-0.4, -0.2) is 35.7 Å². The van der Waals surface area contributed by atoms with Crippen LogP contribution in [0.1, 0.15) is 24.1 Å². The van der Waals surface area contributed by atoms with Crippen molar-refractivity contribution in [2.45, 2.75) is 32.4 Å². The van der Waals surface area contributed by atoms with Crippen molar-refractivity contribution in [2.24, 2.45) is 7.05 Å². The molecule has 2 rings (SSSR count). The lowest BCUT2D eigenvalue weighted by molar-refractivity contribution is 0.479. The molecule has 1 aromatic rings. The predicted octanol–water partition coefficient (Wildman–Crippen LogP) is 1.05. The van der Waals surface area contributed by atoms with Gasteiger partial charge in [0.05, 0.1) is 17.2 Å². The van der Waals surface area contributed by atoms with E-state index in [1.165, 1.54) is 0 Å². The van der Waals surface area contributed by atoms with Crippen LogP contribution in [0.4, 0.5) is 0 Å². The van der Waals surface area contributed by atoms with E-state index in [-0.39, 0.29) is 11.8 Å². The number of nitrogens with one attached hydrogen (secondary N) is 1. The number of sulfone groups is 1. The highest BCUT2D eigenvalue weighted by atomic mass is 35.5. The van der Waals surface area contributed by atoms with Crippen molar-refractivity contribution in [1.29, 1.82) is 0 Å².